The minimum Gasteiger partial charge on any atom is -0.492 e. The van der Waals surface area contributed by atoms with E-state index in [0.717, 1.165) is 5.56 Å². The number of benzene rings is 2. The van der Waals surface area contributed by atoms with Crippen LogP contribution in [0.4, 0.5) is 0 Å². The molecule has 1 aliphatic rings. The Hall–Kier alpha value is -2.09. The average Bonchev–Trinajstić information content (AvgIpc) is 2.41. The van der Waals surface area contributed by atoms with Gasteiger partial charge in [0.1, 0.15) is 6.10 Å². The first kappa shape index (κ1) is 12.0. The minimum absolute atomic E-state index is 0.108. The SMILES string of the molecule is CC1(C)C(=O)C=CO[C@@H]1c1ccc2ccccc2c1. The molecule has 0 amide bonds. The second-order valence-electron chi connectivity index (χ2n) is 5.51. The summed E-state index contributed by atoms with van der Waals surface area (Å²) in [6, 6.07) is 14.4. The predicted molar refractivity (Wildman–Crippen MR) is 75.7 cm³/mol. The Morgan fingerprint density at radius 3 is 2.58 bits per heavy atom. The van der Waals surface area contributed by atoms with Gasteiger partial charge in [-0.05, 0) is 36.2 Å². The van der Waals surface area contributed by atoms with E-state index in [-0.39, 0.29) is 11.9 Å². The normalized spacial score (nSPS) is 21.4. The van der Waals surface area contributed by atoms with Gasteiger partial charge in [0.2, 0.25) is 0 Å². The predicted octanol–water partition coefficient (Wildman–Crippen LogP) is 4.02. The van der Waals surface area contributed by atoms with Crippen molar-refractivity contribution < 1.29 is 9.53 Å². The van der Waals surface area contributed by atoms with Gasteiger partial charge < -0.3 is 4.74 Å². The molecule has 0 unspecified atom stereocenters. The van der Waals surface area contributed by atoms with Gasteiger partial charge in [-0.15, -0.1) is 0 Å². The fourth-order valence-corrected chi connectivity index (χ4v) is 2.56. The van der Waals surface area contributed by atoms with Crippen molar-refractivity contribution in [2.45, 2.75) is 20.0 Å². The van der Waals surface area contributed by atoms with Gasteiger partial charge in [0.25, 0.3) is 0 Å². The summed E-state index contributed by atoms with van der Waals surface area (Å²) in [6.45, 7) is 3.86. The number of allylic oxidation sites excluding steroid dienone is 1. The van der Waals surface area contributed by atoms with Gasteiger partial charge in [-0.3, -0.25) is 4.79 Å². The van der Waals surface area contributed by atoms with Crippen LogP contribution in [-0.4, -0.2) is 5.78 Å². The highest BCUT2D eigenvalue weighted by Crippen LogP contribution is 2.41. The molecule has 0 saturated heterocycles. The molecule has 0 fully saturated rings. The smallest absolute Gasteiger partial charge is 0.168 e. The molecule has 0 N–H and O–H groups in total. The summed E-state index contributed by atoms with van der Waals surface area (Å²) in [5, 5.41) is 2.36. The van der Waals surface area contributed by atoms with Crippen LogP contribution < -0.4 is 0 Å². The lowest BCUT2D eigenvalue weighted by Crippen LogP contribution is -2.33. The van der Waals surface area contributed by atoms with Crippen molar-refractivity contribution in [3.8, 4) is 0 Å². The molecule has 0 aromatic heterocycles. The van der Waals surface area contributed by atoms with Gasteiger partial charge >= 0.3 is 0 Å². The maximum absolute atomic E-state index is 12.0. The van der Waals surface area contributed by atoms with E-state index >= 15 is 0 Å². The summed E-state index contributed by atoms with van der Waals surface area (Å²) < 4.78 is 5.70. The molecule has 19 heavy (non-hydrogen) atoms. The molecule has 0 bridgehead atoms. The van der Waals surface area contributed by atoms with Gasteiger partial charge in [-0.2, -0.15) is 0 Å². The Labute approximate surface area is 112 Å². The fraction of sp³-hybridized carbons (Fsp3) is 0.235. The van der Waals surface area contributed by atoms with E-state index in [4.69, 9.17) is 4.74 Å². The molecule has 1 aliphatic heterocycles. The Kier molecular flexibility index (Phi) is 2.67. The van der Waals surface area contributed by atoms with Crippen molar-refractivity contribution in [3.63, 3.8) is 0 Å². The van der Waals surface area contributed by atoms with Crippen LogP contribution in [0.2, 0.25) is 0 Å². The number of carbonyl (C=O) groups is 1. The van der Waals surface area contributed by atoms with E-state index < -0.39 is 5.41 Å². The lowest BCUT2D eigenvalue weighted by atomic mass is 9.77. The van der Waals surface area contributed by atoms with Gasteiger partial charge in [0, 0.05) is 6.08 Å². The first-order valence-electron chi connectivity index (χ1n) is 6.44. The quantitative estimate of drug-likeness (QED) is 0.766. The van der Waals surface area contributed by atoms with Crippen molar-refractivity contribution >= 4 is 16.6 Å². The third-order valence-electron chi connectivity index (χ3n) is 3.80. The molecule has 3 rings (SSSR count). The zero-order valence-corrected chi connectivity index (χ0v) is 11.1. The van der Waals surface area contributed by atoms with Crippen LogP contribution in [0.25, 0.3) is 10.8 Å². The van der Waals surface area contributed by atoms with Crippen molar-refractivity contribution in [1.82, 2.24) is 0 Å². The Morgan fingerprint density at radius 2 is 1.79 bits per heavy atom. The molecule has 96 valence electrons. The van der Waals surface area contributed by atoms with Crippen LogP contribution in [0.3, 0.4) is 0 Å². The van der Waals surface area contributed by atoms with Crippen LogP contribution >= 0.6 is 0 Å². The standard InChI is InChI=1S/C17H16O2/c1-17(2)15(18)9-10-19-16(17)14-8-7-12-5-3-4-6-13(12)11-14/h3-11,16H,1-2H3/t16-/m1/s1. The second kappa shape index (κ2) is 4.23. The summed E-state index contributed by atoms with van der Waals surface area (Å²) in [7, 11) is 0. The van der Waals surface area contributed by atoms with Gasteiger partial charge in [0.05, 0.1) is 11.7 Å². The lowest BCUT2D eigenvalue weighted by Gasteiger charge is -2.34. The van der Waals surface area contributed by atoms with Gasteiger partial charge in [0.15, 0.2) is 5.78 Å². The van der Waals surface area contributed by atoms with E-state index in [1.54, 1.807) is 0 Å². The second-order valence-corrected chi connectivity index (χ2v) is 5.51. The number of rotatable bonds is 1. The van der Waals surface area contributed by atoms with Crippen molar-refractivity contribution in [2.75, 3.05) is 0 Å². The zero-order valence-electron chi connectivity index (χ0n) is 11.1. The summed E-state index contributed by atoms with van der Waals surface area (Å²) in [5.41, 5.74) is 0.512. The third kappa shape index (κ3) is 1.93. The van der Waals surface area contributed by atoms with Gasteiger partial charge in [-0.1, -0.05) is 36.4 Å². The number of hydrogen-bond acceptors (Lipinski definition) is 2. The molecule has 1 heterocycles. The molecule has 2 nitrogen and oxygen atoms in total. The number of ketones is 1. The number of hydrogen-bond donors (Lipinski definition) is 0. The van der Waals surface area contributed by atoms with Crippen molar-refractivity contribution in [1.29, 1.82) is 0 Å². The molecular weight excluding hydrogens is 236 g/mol. The van der Waals surface area contributed by atoms with Gasteiger partial charge in [-0.25, -0.2) is 0 Å². The largest absolute Gasteiger partial charge is 0.492 e. The topological polar surface area (TPSA) is 26.3 Å². The Morgan fingerprint density at radius 1 is 1.05 bits per heavy atom. The Bertz CT molecular complexity index is 668. The monoisotopic (exact) mass is 252 g/mol. The molecule has 0 saturated carbocycles. The van der Waals surface area contributed by atoms with Crippen molar-refractivity contribution in [3.05, 3.63) is 60.4 Å². The summed E-state index contributed by atoms with van der Waals surface area (Å²) in [5.74, 6) is 0.108. The highest BCUT2D eigenvalue weighted by Gasteiger charge is 2.39. The first-order valence-corrected chi connectivity index (χ1v) is 6.44. The molecule has 2 heteroatoms. The maximum Gasteiger partial charge on any atom is 0.168 e. The van der Waals surface area contributed by atoms with Crippen LogP contribution in [0.15, 0.2) is 54.8 Å². The van der Waals surface area contributed by atoms with Crippen LogP contribution in [0.5, 0.6) is 0 Å². The summed E-state index contributed by atoms with van der Waals surface area (Å²) >= 11 is 0. The van der Waals surface area contributed by atoms with E-state index in [2.05, 4.69) is 24.3 Å². The molecule has 2 aromatic carbocycles. The lowest BCUT2D eigenvalue weighted by molar-refractivity contribution is -0.131. The molecule has 0 aliphatic carbocycles. The molecular formula is C17H16O2. The Balaban J connectivity index is 2.09. The van der Waals surface area contributed by atoms with Crippen molar-refractivity contribution in [2.24, 2.45) is 5.41 Å². The maximum atomic E-state index is 12.0. The first-order chi connectivity index (χ1) is 9.09. The average molecular weight is 252 g/mol. The highest BCUT2D eigenvalue weighted by molar-refractivity contribution is 5.95. The molecule has 2 aromatic rings. The summed E-state index contributed by atoms with van der Waals surface area (Å²) in [4.78, 5) is 12.0. The number of fused-ring (bicyclic) bond motifs is 1. The zero-order chi connectivity index (χ0) is 13.5. The van der Waals surface area contributed by atoms with E-state index in [9.17, 15) is 4.79 Å². The van der Waals surface area contributed by atoms with E-state index in [0.29, 0.717) is 0 Å². The molecule has 1 atom stereocenters. The minimum atomic E-state index is -0.531. The van der Waals surface area contributed by atoms with Crippen LogP contribution in [0.1, 0.15) is 25.5 Å². The number of carbonyl (C=O) groups excluding carboxylic acids is 1. The molecule has 0 spiro atoms. The third-order valence-corrected chi connectivity index (χ3v) is 3.80. The van der Waals surface area contributed by atoms with E-state index in [1.165, 1.54) is 23.1 Å². The molecule has 0 radical (unpaired) electrons. The fourth-order valence-electron chi connectivity index (χ4n) is 2.56. The van der Waals surface area contributed by atoms with Crippen LogP contribution in [0, 0.1) is 5.41 Å². The summed E-state index contributed by atoms with van der Waals surface area (Å²) in [6.07, 6.45) is 2.79. The van der Waals surface area contributed by atoms with E-state index in [1.807, 2.05) is 32.0 Å². The number of ether oxygens (including phenoxy) is 1. The van der Waals surface area contributed by atoms with Crippen LogP contribution in [-0.2, 0) is 9.53 Å². The highest BCUT2D eigenvalue weighted by atomic mass is 16.5.